The molecule has 25 heavy (non-hydrogen) atoms. The molecule has 1 saturated heterocycles. The zero-order valence-corrected chi connectivity index (χ0v) is 13.7. The van der Waals surface area contributed by atoms with Gasteiger partial charge in [0.1, 0.15) is 6.04 Å². The van der Waals surface area contributed by atoms with Crippen molar-refractivity contribution in [1.29, 1.82) is 0 Å². The maximum absolute atomic E-state index is 12.0. The van der Waals surface area contributed by atoms with Crippen molar-refractivity contribution in [2.45, 2.75) is 25.4 Å². The molecule has 0 aliphatic carbocycles. The molecule has 2 heterocycles. The number of anilines is 1. The van der Waals surface area contributed by atoms with Crippen molar-refractivity contribution < 1.29 is 9.59 Å². The first-order valence-corrected chi connectivity index (χ1v) is 8.21. The molecule has 1 aliphatic heterocycles. The zero-order valence-electron chi connectivity index (χ0n) is 13.7. The van der Waals surface area contributed by atoms with E-state index in [4.69, 9.17) is 0 Å². The molecule has 1 aromatic heterocycles. The molecule has 0 bridgehead atoms. The van der Waals surface area contributed by atoms with Crippen molar-refractivity contribution in [1.82, 2.24) is 15.2 Å². The van der Waals surface area contributed by atoms with E-state index in [0.717, 1.165) is 12.0 Å². The SMILES string of the molecule is O=C(Nc1ccc(Cn2ccccc2=O)cc1)NC1CCCNC1=O. The van der Waals surface area contributed by atoms with Crippen molar-refractivity contribution in [2.24, 2.45) is 0 Å². The first-order valence-electron chi connectivity index (χ1n) is 8.21. The topological polar surface area (TPSA) is 92.2 Å². The van der Waals surface area contributed by atoms with Gasteiger partial charge in [-0.05, 0) is 36.6 Å². The van der Waals surface area contributed by atoms with Gasteiger partial charge in [0.2, 0.25) is 5.91 Å². The lowest BCUT2D eigenvalue weighted by Crippen LogP contribution is -2.51. The largest absolute Gasteiger partial charge is 0.354 e. The van der Waals surface area contributed by atoms with Crippen molar-refractivity contribution in [2.75, 3.05) is 11.9 Å². The molecule has 3 N–H and O–H groups in total. The number of benzene rings is 1. The van der Waals surface area contributed by atoms with Crippen molar-refractivity contribution in [3.05, 3.63) is 64.6 Å². The number of hydrogen-bond donors (Lipinski definition) is 3. The monoisotopic (exact) mass is 340 g/mol. The molecule has 0 saturated carbocycles. The van der Waals surface area contributed by atoms with E-state index in [0.29, 0.717) is 25.2 Å². The highest BCUT2D eigenvalue weighted by Crippen LogP contribution is 2.11. The molecule has 1 unspecified atom stereocenters. The average Bonchev–Trinajstić information content (AvgIpc) is 2.61. The summed E-state index contributed by atoms with van der Waals surface area (Å²) in [5.41, 5.74) is 1.51. The van der Waals surface area contributed by atoms with Crippen LogP contribution in [0.1, 0.15) is 18.4 Å². The second kappa shape index (κ2) is 7.65. The third kappa shape index (κ3) is 4.47. The second-order valence-electron chi connectivity index (χ2n) is 5.95. The number of carbonyl (C=O) groups excluding carboxylic acids is 2. The highest BCUT2D eigenvalue weighted by molar-refractivity contribution is 5.93. The lowest BCUT2D eigenvalue weighted by atomic mass is 10.1. The molecule has 7 heteroatoms. The Morgan fingerprint density at radius 1 is 1.16 bits per heavy atom. The van der Waals surface area contributed by atoms with E-state index in [1.807, 2.05) is 18.2 Å². The van der Waals surface area contributed by atoms with Crippen LogP contribution in [0.4, 0.5) is 10.5 Å². The Kier molecular flexibility index (Phi) is 5.13. The van der Waals surface area contributed by atoms with Gasteiger partial charge in [0.25, 0.3) is 5.56 Å². The summed E-state index contributed by atoms with van der Waals surface area (Å²) in [6, 6.07) is 11.4. The van der Waals surface area contributed by atoms with Gasteiger partial charge in [-0.1, -0.05) is 18.2 Å². The summed E-state index contributed by atoms with van der Waals surface area (Å²) in [5.74, 6) is -0.148. The number of nitrogens with zero attached hydrogens (tertiary/aromatic N) is 1. The van der Waals surface area contributed by atoms with Crippen molar-refractivity contribution >= 4 is 17.6 Å². The predicted octanol–water partition coefficient (Wildman–Crippen LogP) is 1.30. The molecular formula is C18H20N4O3. The smallest absolute Gasteiger partial charge is 0.319 e. The highest BCUT2D eigenvalue weighted by atomic mass is 16.2. The number of amides is 3. The number of aromatic nitrogens is 1. The summed E-state index contributed by atoms with van der Waals surface area (Å²) in [7, 11) is 0. The van der Waals surface area contributed by atoms with Gasteiger partial charge in [-0.2, -0.15) is 0 Å². The first kappa shape index (κ1) is 16.8. The Hall–Kier alpha value is -3.09. The van der Waals surface area contributed by atoms with Gasteiger partial charge in [0, 0.05) is 24.5 Å². The molecule has 1 fully saturated rings. The van der Waals surface area contributed by atoms with E-state index >= 15 is 0 Å². The summed E-state index contributed by atoms with van der Waals surface area (Å²) in [6.07, 6.45) is 3.23. The Bertz CT molecular complexity index is 814. The maximum Gasteiger partial charge on any atom is 0.319 e. The van der Waals surface area contributed by atoms with Crippen LogP contribution in [0.5, 0.6) is 0 Å². The van der Waals surface area contributed by atoms with Crippen LogP contribution in [0, 0.1) is 0 Å². The van der Waals surface area contributed by atoms with Gasteiger partial charge in [0.05, 0.1) is 6.54 Å². The Morgan fingerprint density at radius 3 is 2.68 bits per heavy atom. The van der Waals surface area contributed by atoms with Gasteiger partial charge < -0.3 is 20.5 Å². The molecule has 130 valence electrons. The van der Waals surface area contributed by atoms with E-state index in [-0.39, 0.29) is 11.5 Å². The van der Waals surface area contributed by atoms with Crippen molar-refractivity contribution in [3.8, 4) is 0 Å². The molecular weight excluding hydrogens is 320 g/mol. The molecule has 0 radical (unpaired) electrons. The second-order valence-corrected chi connectivity index (χ2v) is 5.95. The summed E-state index contributed by atoms with van der Waals surface area (Å²) >= 11 is 0. The van der Waals surface area contributed by atoms with Crippen LogP contribution in [-0.2, 0) is 11.3 Å². The molecule has 7 nitrogen and oxygen atoms in total. The minimum Gasteiger partial charge on any atom is -0.354 e. The average molecular weight is 340 g/mol. The van der Waals surface area contributed by atoms with Crippen LogP contribution >= 0.6 is 0 Å². The predicted molar refractivity (Wildman–Crippen MR) is 94.4 cm³/mol. The number of pyridine rings is 1. The number of rotatable bonds is 4. The van der Waals surface area contributed by atoms with Crippen LogP contribution in [0.3, 0.4) is 0 Å². The maximum atomic E-state index is 12.0. The van der Waals surface area contributed by atoms with Crippen LogP contribution in [0.2, 0.25) is 0 Å². The number of carbonyl (C=O) groups is 2. The van der Waals surface area contributed by atoms with Gasteiger partial charge in [0.15, 0.2) is 0 Å². The standard InChI is InChI=1S/C18H20N4O3/c23-16-5-1-2-11-22(16)12-13-6-8-14(9-7-13)20-18(25)21-15-4-3-10-19-17(15)24/h1-2,5-9,11,15H,3-4,10,12H2,(H,19,24)(H2,20,21,25). The fourth-order valence-corrected chi connectivity index (χ4v) is 2.72. The van der Waals surface area contributed by atoms with Crippen LogP contribution in [-0.4, -0.2) is 29.1 Å². The quantitative estimate of drug-likeness (QED) is 0.783. The summed E-state index contributed by atoms with van der Waals surface area (Å²) in [5, 5.41) is 8.11. The summed E-state index contributed by atoms with van der Waals surface area (Å²) in [6.45, 7) is 1.12. The van der Waals surface area contributed by atoms with E-state index in [2.05, 4.69) is 16.0 Å². The molecule has 3 rings (SSSR count). The van der Waals surface area contributed by atoms with E-state index in [9.17, 15) is 14.4 Å². The highest BCUT2D eigenvalue weighted by Gasteiger charge is 2.23. The van der Waals surface area contributed by atoms with Crippen LogP contribution in [0.15, 0.2) is 53.5 Å². The first-order chi connectivity index (χ1) is 12.1. The summed E-state index contributed by atoms with van der Waals surface area (Å²) < 4.78 is 1.61. The molecule has 1 atom stereocenters. The third-order valence-corrected chi connectivity index (χ3v) is 4.05. The Balaban J connectivity index is 1.57. The van der Waals surface area contributed by atoms with Gasteiger partial charge in [-0.3, -0.25) is 9.59 Å². The number of piperidine rings is 1. The molecule has 3 amide bonds. The minimum absolute atomic E-state index is 0.0603. The van der Waals surface area contributed by atoms with Crippen LogP contribution < -0.4 is 21.5 Å². The van der Waals surface area contributed by atoms with Crippen LogP contribution in [0.25, 0.3) is 0 Å². The van der Waals surface area contributed by atoms with Gasteiger partial charge >= 0.3 is 6.03 Å². The van der Waals surface area contributed by atoms with Gasteiger partial charge in [-0.25, -0.2) is 4.79 Å². The van der Waals surface area contributed by atoms with Crippen molar-refractivity contribution in [3.63, 3.8) is 0 Å². The number of nitrogens with one attached hydrogen (secondary N) is 3. The Labute approximate surface area is 145 Å². The normalized spacial score (nSPS) is 16.8. The molecule has 1 aromatic carbocycles. The van der Waals surface area contributed by atoms with E-state index in [1.54, 1.807) is 29.0 Å². The zero-order chi connectivity index (χ0) is 17.6. The number of urea groups is 1. The molecule has 1 aliphatic rings. The third-order valence-electron chi connectivity index (χ3n) is 4.05. The minimum atomic E-state index is -0.488. The summed E-state index contributed by atoms with van der Waals surface area (Å²) in [4.78, 5) is 35.4. The Morgan fingerprint density at radius 2 is 1.96 bits per heavy atom. The fourth-order valence-electron chi connectivity index (χ4n) is 2.72. The van der Waals surface area contributed by atoms with E-state index < -0.39 is 12.1 Å². The molecule has 2 aromatic rings. The molecule has 0 spiro atoms. The van der Waals surface area contributed by atoms with E-state index in [1.165, 1.54) is 6.07 Å². The lowest BCUT2D eigenvalue weighted by Gasteiger charge is -2.22. The fraction of sp³-hybridized carbons (Fsp3) is 0.278. The lowest BCUT2D eigenvalue weighted by molar-refractivity contribution is -0.124. The van der Waals surface area contributed by atoms with Gasteiger partial charge in [-0.15, -0.1) is 0 Å². The number of hydrogen-bond acceptors (Lipinski definition) is 3.